The largest absolute Gasteiger partial charge is 0.459 e. The van der Waals surface area contributed by atoms with Crippen LogP contribution in [0.5, 0.6) is 0 Å². The number of hydrogen-bond acceptors (Lipinski definition) is 2. The van der Waals surface area contributed by atoms with Crippen molar-refractivity contribution in [2.75, 3.05) is 0 Å². The quantitative estimate of drug-likeness (QED) is 0.807. The van der Waals surface area contributed by atoms with Crippen molar-refractivity contribution >= 4 is 5.91 Å². The molecule has 0 spiro atoms. The van der Waals surface area contributed by atoms with Gasteiger partial charge in [-0.25, -0.2) is 0 Å². The molecule has 17 heavy (non-hydrogen) atoms. The fraction of sp³-hybridized carbons (Fsp3) is 0.357. The molecule has 0 bridgehead atoms. The van der Waals surface area contributed by atoms with E-state index in [1.807, 2.05) is 46.8 Å². The van der Waals surface area contributed by atoms with Gasteiger partial charge in [-0.2, -0.15) is 0 Å². The van der Waals surface area contributed by atoms with E-state index in [1.165, 1.54) is 11.8 Å². The number of allylic oxidation sites excluding steroid dienone is 4. The first-order chi connectivity index (χ1) is 8.09. The van der Waals surface area contributed by atoms with E-state index in [2.05, 4.69) is 5.32 Å². The van der Waals surface area contributed by atoms with Gasteiger partial charge in [0.15, 0.2) is 5.76 Å². The number of carbonyl (C=O) groups is 1. The Morgan fingerprint density at radius 2 is 1.88 bits per heavy atom. The molecule has 0 aliphatic rings. The van der Waals surface area contributed by atoms with Crippen LogP contribution in [0.1, 0.15) is 45.2 Å². The molecule has 0 aliphatic heterocycles. The zero-order valence-electron chi connectivity index (χ0n) is 11.2. The summed E-state index contributed by atoms with van der Waals surface area (Å²) in [6, 6.07) is 3.31. The lowest BCUT2D eigenvalue weighted by Crippen LogP contribution is -2.20. The van der Waals surface area contributed by atoms with Crippen LogP contribution in [-0.4, -0.2) is 5.91 Å². The molecule has 0 fully saturated rings. The molecular weight excluding hydrogens is 214 g/mol. The highest BCUT2D eigenvalue weighted by Gasteiger charge is 2.06. The zero-order chi connectivity index (χ0) is 13.3. The minimum Gasteiger partial charge on any atom is -0.459 e. The molecule has 1 heterocycles. The predicted molar refractivity (Wildman–Crippen MR) is 70.7 cm³/mol. The lowest BCUT2D eigenvalue weighted by atomic mass is 10.3. The molecule has 0 aliphatic carbocycles. The fourth-order valence-corrected chi connectivity index (χ4v) is 0.982. The van der Waals surface area contributed by atoms with Crippen LogP contribution in [0, 0.1) is 0 Å². The third-order valence-corrected chi connectivity index (χ3v) is 1.72. The summed E-state index contributed by atoms with van der Waals surface area (Å²) in [4.78, 5) is 11.5. The molecule has 0 atom stereocenters. The molecule has 0 radical (unpaired) electrons. The van der Waals surface area contributed by atoms with Gasteiger partial charge in [0.05, 0.1) is 6.26 Å². The Bertz CT molecular complexity index is 382. The zero-order valence-corrected chi connectivity index (χ0v) is 11.2. The van der Waals surface area contributed by atoms with Crippen LogP contribution in [-0.2, 0) is 0 Å². The summed E-state index contributed by atoms with van der Waals surface area (Å²) < 4.78 is 4.97. The molecular formula is C14H21NO2. The topological polar surface area (TPSA) is 42.2 Å². The maximum Gasteiger partial charge on any atom is 0.291 e. The molecule has 1 N–H and O–H groups in total. The molecule has 3 heteroatoms. The van der Waals surface area contributed by atoms with E-state index in [0.29, 0.717) is 5.76 Å². The van der Waals surface area contributed by atoms with Crippen molar-refractivity contribution in [1.29, 1.82) is 0 Å². The molecule has 3 nitrogen and oxygen atoms in total. The van der Waals surface area contributed by atoms with E-state index in [4.69, 9.17) is 4.42 Å². The minimum atomic E-state index is -0.226. The van der Waals surface area contributed by atoms with Gasteiger partial charge in [0.2, 0.25) is 0 Å². The molecule has 0 aromatic carbocycles. The van der Waals surface area contributed by atoms with Crippen molar-refractivity contribution in [3.8, 4) is 0 Å². The lowest BCUT2D eigenvalue weighted by Gasteiger charge is -2.01. The van der Waals surface area contributed by atoms with E-state index in [0.717, 1.165) is 5.70 Å². The van der Waals surface area contributed by atoms with Crippen LogP contribution < -0.4 is 5.32 Å². The first-order valence-corrected chi connectivity index (χ1v) is 5.76. The molecule has 0 saturated carbocycles. The van der Waals surface area contributed by atoms with Crippen LogP contribution in [0.15, 0.2) is 46.2 Å². The third kappa shape index (κ3) is 6.40. The van der Waals surface area contributed by atoms with Crippen molar-refractivity contribution < 1.29 is 9.21 Å². The van der Waals surface area contributed by atoms with Crippen molar-refractivity contribution in [1.82, 2.24) is 5.32 Å². The number of nitrogens with one attached hydrogen (secondary N) is 1. The van der Waals surface area contributed by atoms with E-state index in [-0.39, 0.29) is 5.91 Å². The van der Waals surface area contributed by atoms with Gasteiger partial charge in [0.25, 0.3) is 5.91 Å². The highest BCUT2D eigenvalue weighted by atomic mass is 16.3. The SMILES string of the molecule is CC.CC(C)=C/C=C(\C)NC(=O)c1ccco1. The number of rotatable bonds is 3. The van der Waals surface area contributed by atoms with Crippen molar-refractivity contribution in [3.63, 3.8) is 0 Å². The summed E-state index contributed by atoms with van der Waals surface area (Å²) in [5.74, 6) is 0.0934. The number of carbonyl (C=O) groups excluding carboxylic acids is 1. The normalized spacial score (nSPS) is 10.1. The maximum absolute atomic E-state index is 11.5. The summed E-state index contributed by atoms with van der Waals surface area (Å²) >= 11 is 0. The van der Waals surface area contributed by atoms with Gasteiger partial charge in [-0.05, 0) is 39.0 Å². The van der Waals surface area contributed by atoms with Gasteiger partial charge in [0, 0.05) is 5.70 Å². The van der Waals surface area contributed by atoms with E-state index in [1.54, 1.807) is 12.1 Å². The average molecular weight is 235 g/mol. The van der Waals surface area contributed by atoms with Crippen LogP contribution in [0.25, 0.3) is 0 Å². The van der Waals surface area contributed by atoms with E-state index < -0.39 is 0 Å². The number of hydrogen-bond donors (Lipinski definition) is 1. The van der Waals surface area contributed by atoms with Crippen LogP contribution >= 0.6 is 0 Å². The smallest absolute Gasteiger partial charge is 0.291 e. The van der Waals surface area contributed by atoms with Crippen LogP contribution in [0.4, 0.5) is 0 Å². The standard InChI is InChI=1S/C12H15NO2.C2H6/c1-9(2)6-7-10(3)13-12(14)11-5-4-8-15-11;1-2/h4-8H,1-3H3,(H,13,14);1-2H3/b10-7+;. The lowest BCUT2D eigenvalue weighted by molar-refractivity contribution is 0.0938. The summed E-state index contributed by atoms with van der Waals surface area (Å²) in [6.07, 6.45) is 5.28. The first kappa shape index (κ1) is 15.2. The first-order valence-electron chi connectivity index (χ1n) is 5.76. The Balaban J connectivity index is 0.00000121. The molecule has 1 aromatic heterocycles. The Morgan fingerprint density at radius 1 is 1.24 bits per heavy atom. The van der Waals surface area contributed by atoms with Gasteiger partial charge in [-0.1, -0.05) is 25.5 Å². The highest BCUT2D eigenvalue weighted by molar-refractivity contribution is 5.92. The second kappa shape index (κ2) is 8.39. The molecule has 1 amide bonds. The molecule has 94 valence electrons. The minimum absolute atomic E-state index is 0.226. The van der Waals surface area contributed by atoms with E-state index in [9.17, 15) is 4.79 Å². The number of amides is 1. The van der Waals surface area contributed by atoms with Gasteiger partial charge in [-0.3, -0.25) is 4.79 Å². The molecule has 1 rings (SSSR count). The second-order valence-electron chi connectivity index (χ2n) is 3.53. The summed E-state index contributed by atoms with van der Waals surface area (Å²) in [5, 5.41) is 2.72. The molecule has 1 aromatic rings. The summed E-state index contributed by atoms with van der Waals surface area (Å²) in [7, 11) is 0. The van der Waals surface area contributed by atoms with Gasteiger partial charge < -0.3 is 9.73 Å². The maximum atomic E-state index is 11.5. The Labute approximate surface area is 103 Å². The number of furan rings is 1. The van der Waals surface area contributed by atoms with Gasteiger partial charge in [-0.15, -0.1) is 0 Å². The van der Waals surface area contributed by atoms with Crippen molar-refractivity contribution in [2.24, 2.45) is 0 Å². The van der Waals surface area contributed by atoms with Crippen LogP contribution in [0.2, 0.25) is 0 Å². The Kier molecular flexibility index (Phi) is 7.52. The highest BCUT2D eigenvalue weighted by Crippen LogP contribution is 2.01. The second-order valence-corrected chi connectivity index (χ2v) is 3.53. The summed E-state index contributed by atoms with van der Waals surface area (Å²) in [5.41, 5.74) is 1.97. The predicted octanol–water partition coefficient (Wildman–Crippen LogP) is 3.91. The van der Waals surface area contributed by atoms with Gasteiger partial charge in [0.1, 0.15) is 0 Å². The van der Waals surface area contributed by atoms with Crippen molar-refractivity contribution in [2.45, 2.75) is 34.6 Å². The average Bonchev–Trinajstić information content (AvgIpc) is 2.82. The Morgan fingerprint density at radius 3 is 2.35 bits per heavy atom. The third-order valence-electron chi connectivity index (χ3n) is 1.72. The molecule has 0 unspecified atom stereocenters. The molecule has 0 saturated heterocycles. The van der Waals surface area contributed by atoms with E-state index >= 15 is 0 Å². The van der Waals surface area contributed by atoms with Crippen molar-refractivity contribution in [3.05, 3.63) is 47.6 Å². The Hall–Kier alpha value is -1.77. The van der Waals surface area contributed by atoms with Gasteiger partial charge >= 0.3 is 0 Å². The monoisotopic (exact) mass is 235 g/mol. The fourth-order valence-electron chi connectivity index (χ4n) is 0.982. The summed E-state index contributed by atoms with van der Waals surface area (Å²) in [6.45, 7) is 9.83. The van der Waals surface area contributed by atoms with Crippen LogP contribution in [0.3, 0.4) is 0 Å².